The third kappa shape index (κ3) is 5.46. The van der Waals surface area contributed by atoms with Crippen LogP contribution in [0, 0.1) is 6.92 Å². The molecular weight excluding hydrogens is 544 g/mol. The largest absolute Gasteiger partial charge is 0.366 e. The normalized spacial score (nSPS) is 15.9. The Labute approximate surface area is 249 Å². The minimum absolute atomic E-state index is 0.0163. The maximum Gasteiger partial charge on any atom is 0.254 e. The SMILES string of the molecule is Cc1c(NC(=O)CCN2CCCC2=O)cccc1-c1ccc(C(N)=O)c2[nH]c3cc(C(=O)N4CCN(C)CC4)ccc3c12. The molecule has 2 aliphatic heterocycles. The third-order valence-electron chi connectivity index (χ3n) is 8.74. The number of benzene rings is 3. The Morgan fingerprint density at radius 2 is 1.77 bits per heavy atom. The molecule has 0 spiro atoms. The van der Waals surface area contributed by atoms with Gasteiger partial charge in [0.05, 0.1) is 11.1 Å². The van der Waals surface area contributed by atoms with E-state index in [-0.39, 0.29) is 24.1 Å². The van der Waals surface area contributed by atoms with E-state index < -0.39 is 5.91 Å². The van der Waals surface area contributed by atoms with E-state index in [9.17, 15) is 19.2 Å². The molecule has 0 aliphatic carbocycles. The number of aromatic nitrogens is 1. The van der Waals surface area contributed by atoms with E-state index in [1.165, 1.54) is 0 Å². The molecule has 0 saturated carbocycles. The summed E-state index contributed by atoms with van der Waals surface area (Å²) in [5, 5.41) is 4.71. The van der Waals surface area contributed by atoms with E-state index in [4.69, 9.17) is 5.73 Å². The van der Waals surface area contributed by atoms with Gasteiger partial charge >= 0.3 is 0 Å². The van der Waals surface area contributed by atoms with Gasteiger partial charge in [0.2, 0.25) is 11.8 Å². The Bertz CT molecular complexity index is 1770. The minimum atomic E-state index is -0.550. The first-order valence-corrected chi connectivity index (χ1v) is 14.7. The van der Waals surface area contributed by atoms with Gasteiger partial charge in [0, 0.05) is 79.7 Å². The highest BCUT2D eigenvalue weighted by Gasteiger charge is 2.24. The molecule has 4 N–H and O–H groups in total. The van der Waals surface area contributed by atoms with E-state index in [0.717, 1.165) is 52.5 Å². The molecule has 0 bridgehead atoms. The molecular formula is C33H36N6O4. The average molecular weight is 581 g/mol. The molecule has 3 aromatic carbocycles. The number of carbonyl (C=O) groups is 4. The average Bonchev–Trinajstić information content (AvgIpc) is 3.59. The van der Waals surface area contributed by atoms with Gasteiger partial charge in [0.1, 0.15) is 0 Å². The summed E-state index contributed by atoms with van der Waals surface area (Å²) in [7, 11) is 2.05. The van der Waals surface area contributed by atoms with Crippen LogP contribution >= 0.6 is 0 Å². The highest BCUT2D eigenvalue weighted by molar-refractivity contribution is 6.20. The number of likely N-dealkylation sites (N-methyl/N-ethyl adjacent to an activating group) is 1. The molecule has 43 heavy (non-hydrogen) atoms. The van der Waals surface area contributed by atoms with Crippen molar-refractivity contribution in [2.45, 2.75) is 26.2 Å². The Kier molecular flexibility index (Phi) is 7.62. The molecule has 4 amide bonds. The predicted molar refractivity (Wildman–Crippen MR) is 167 cm³/mol. The molecule has 0 radical (unpaired) electrons. The number of aromatic amines is 1. The zero-order valence-corrected chi connectivity index (χ0v) is 24.5. The molecule has 2 aliphatic rings. The summed E-state index contributed by atoms with van der Waals surface area (Å²) in [4.78, 5) is 59.7. The minimum Gasteiger partial charge on any atom is -0.366 e. The van der Waals surface area contributed by atoms with E-state index in [1.807, 2.05) is 54.3 Å². The zero-order chi connectivity index (χ0) is 30.2. The Balaban J connectivity index is 1.35. The fourth-order valence-corrected chi connectivity index (χ4v) is 6.22. The van der Waals surface area contributed by atoms with Gasteiger partial charge in [-0.2, -0.15) is 0 Å². The van der Waals surface area contributed by atoms with Crippen LogP contribution < -0.4 is 11.1 Å². The number of nitrogens with zero attached hydrogens (tertiary/aromatic N) is 3. The number of amides is 4. The van der Waals surface area contributed by atoms with Crippen molar-refractivity contribution in [3.63, 3.8) is 0 Å². The van der Waals surface area contributed by atoms with Crippen LogP contribution in [0.25, 0.3) is 32.9 Å². The molecule has 6 rings (SSSR count). The third-order valence-corrected chi connectivity index (χ3v) is 8.74. The molecule has 2 fully saturated rings. The molecule has 3 heterocycles. The molecule has 222 valence electrons. The van der Waals surface area contributed by atoms with Gasteiger partial charge < -0.3 is 30.7 Å². The van der Waals surface area contributed by atoms with Crippen LogP contribution in [0.3, 0.4) is 0 Å². The van der Waals surface area contributed by atoms with Gasteiger partial charge in [-0.15, -0.1) is 0 Å². The second-order valence-electron chi connectivity index (χ2n) is 11.5. The van der Waals surface area contributed by atoms with E-state index in [0.29, 0.717) is 54.9 Å². The fourth-order valence-electron chi connectivity index (χ4n) is 6.22. The van der Waals surface area contributed by atoms with Gasteiger partial charge in [-0.3, -0.25) is 19.2 Å². The molecule has 1 aromatic heterocycles. The Morgan fingerprint density at radius 1 is 0.977 bits per heavy atom. The number of H-pyrrole nitrogens is 1. The summed E-state index contributed by atoms with van der Waals surface area (Å²) < 4.78 is 0. The highest BCUT2D eigenvalue weighted by atomic mass is 16.2. The number of nitrogens with one attached hydrogen (secondary N) is 2. The van der Waals surface area contributed by atoms with Crippen molar-refractivity contribution in [2.24, 2.45) is 5.73 Å². The molecule has 4 aromatic rings. The first-order valence-electron chi connectivity index (χ1n) is 14.7. The number of rotatable bonds is 7. The van der Waals surface area contributed by atoms with E-state index in [1.54, 1.807) is 11.0 Å². The van der Waals surface area contributed by atoms with Crippen LogP contribution in [0.5, 0.6) is 0 Å². The smallest absolute Gasteiger partial charge is 0.254 e. The topological polar surface area (TPSA) is 132 Å². The van der Waals surface area contributed by atoms with Crippen LogP contribution in [0.15, 0.2) is 48.5 Å². The van der Waals surface area contributed by atoms with E-state index in [2.05, 4.69) is 22.2 Å². The summed E-state index contributed by atoms with van der Waals surface area (Å²) in [6, 6.07) is 14.9. The first kappa shape index (κ1) is 28.4. The van der Waals surface area contributed by atoms with Gasteiger partial charge in [-0.25, -0.2) is 0 Å². The molecule has 0 atom stereocenters. The number of piperazine rings is 1. The van der Waals surface area contributed by atoms with Crippen LogP contribution in [0.2, 0.25) is 0 Å². The highest BCUT2D eigenvalue weighted by Crippen LogP contribution is 2.39. The number of hydrogen-bond donors (Lipinski definition) is 3. The lowest BCUT2D eigenvalue weighted by molar-refractivity contribution is -0.128. The Hall–Kier alpha value is -4.70. The van der Waals surface area contributed by atoms with Gasteiger partial charge in [0.25, 0.3) is 11.8 Å². The Morgan fingerprint density at radius 3 is 2.49 bits per heavy atom. The standard InChI is InChI=1S/C33H36N6O4/c1-20-22(5-3-6-26(20)35-28(40)12-14-38-13-4-7-29(38)41)23-10-11-25(32(34)42)31-30(23)24-9-8-21(19-27(24)36-31)33(43)39-17-15-37(2)16-18-39/h3,5-6,8-11,19,36H,4,7,12-18H2,1-2H3,(H2,34,42)(H,35,40). The fraction of sp³-hybridized carbons (Fsp3) is 0.333. The molecule has 2 saturated heterocycles. The second-order valence-corrected chi connectivity index (χ2v) is 11.5. The van der Waals surface area contributed by atoms with Crippen molar-refractivity contribution in [3.8, 4) is 11.1 Å². The number of fused-ring (bicyclic) bond motifs is 3. The maximum absolute atomic E-state index is 13.3. The van der Waals surface area contributed by atoms with Gasteiger partial charge in [0.15, 0.2) is 0 Å². The quantitative estimate of drug-likeness (QED) is 0.307. The number of hydrogen-bond acceptors (Lipinski definition) is 5. The van der Waals surface area contributed by atoms with Crippen molar-refractivity contribution in [3.05, 3.63) is 65.2 Å². The van der Waals surface area contributed by atoms with Crippen molar-refractivity contribution in [1.29, 1.82) is 0 Å². The van der Waals surface area contributed by atoms with Crippen molar-refractivity contribution < 1.29 is 19.2 Å². The second kappa shape index (κ2) is 11.5. The van der Waals surface area contributed by atoms with E-state index >= 15 is 0 Å². The maximum atomic E-state index is 13.3. The summed E-state index contributed by atoms with van der Waals surface area (Å²) in [6.07, 6.45) is 1.62. The summed E-state index contributed by atoms with van der Waals surface area (Å²) in [5.74, 6) is -0.619. The predicted octanol–water partition coefficient (Wildman–Crippen LogP) is 3.73. The number of primary amides is 1. The summed E-state index contributed by atoms with van der Waals surface area (Å²) in [5.41, 5.74) is 11.4. The van der Waals surface area contributed by atoms with Crippen molar-refractivity contribution in [1.82, 2.24) is 19.7 Å². The van der Waals surface area contributed by atoms with Crippen LogP contribution in [0.1, 0.15) is 45.5 Å². The summed E-state index contributed by atoms with van der Waals surface area (Å²) in [6.45, 7) is 6.09. The lowest BCUT2D eigenvalue weighted by atomic mass is 9.93. The van der Waals surface area contributed by atoms with Crippen molar-refractivity contribution in [2.75, 3.05) is 51.6 Å². The molecule has 10 heteroatoms. The number of anilines is 1. The number of likely N-dealkylation sites (tertiary alicyclic amines) is 1. The molecule has 10 nitrogen and oxygen atoms in total. The molecule has 0 unspecified atom stereocenters. The zero-order valence-electron chi connectivity index (χ0n) is 24.5. The summed E-state index contributed by atoms with van der Waals surface area (Å²) >= 11 is 0. The van der Waals surface area contributed by atoms with Crippen LogP contribution in [0.4, 0.5) is 5.69 Å². The van der Waals surface area contributed by atoms with Crippen LogP contribution in [-0.2, 0) is 9.59 Å². The van der Waals surface area contributed by atoms with Gasteiger partial charge in [-0.05, 0) is 61.3 Å². The first-order chi connectivity index (χ1) is 20.7. The lowest BCUT2D eigenvalue weighted by Gasteiger charge is -2.32. The lowest BCUT2D eigenvalue weighted by Crippen LogP contribution is -2.47. The van der Waals surface area contributed by atoms with Crippen LogP contribution in [-0.4, -0.2) is 89.6 Å². The van der Waals surface area contributed by atoms with Crippen molar-refractivity contribution >= 4 is 51.1 Å². The number of nitrogens with two attached hydrogens (primary N) is 1. The monoisotopic (exact) mass is 580 g/mol. The van der Waals surface area contributed by atoms with Gasteiger partial charge in [-0.1, -0.05) is 24.3 Å². The number of carbonyl (C=O) groups excluding carboxylic acids is 4.